The van der Waals surface area contributed by atoms with Crippen molar-refractivity contribution >= 4 is 17.5 Å². The highest BCUT2D eigenvalue weighted by Gasteiger charge is 2.19. The first kappa shape index (κ1) is 27.6. The predicted molar refractivity (Wildman–Crippen MR) is 146 cm³/mol. The smallest absolute Gasteiger partial charge is 0.265 e. The maximum absolute atomic E-state index is 12.9. The summed E-state index contributed by atoms with van der Waals surface area (Å²) in [5.41, 5.74) is 3.02. The molecule has 0 saturated heterocycles. The summed E-state index contributed by atoms with van der Waals surface area (Å²) in [6, 6.07) is 20.3. The van der Waals surface area contributed by atoms with Crippen LogP contribution in [-0.4, -0.2) is 38.7 Å². The molecule has 0 aliphatic heterocycles. The van der Waals surface area contributed by atoms with Crippen molar-refractivity contribution in [3.8, 4) is 17.2 Å². The van der Waals surface area contributed by atoms with Crippen LogP contribution in [0.2, 0.25) is 0 Å². The highest BCUT2D eigenvalue weighted by molar-refractivity contribution is 6.04. The molecule has 0 spiro atoms. The van der Waals surface area contributed by atoms with Crippen molar-refractivity contribution in [2.75, 3.05) is 26.1 Å². The summed E-state index contributed by atoms with van der Waals surface area (Å²) in [7, 11) is 3.17. The van der Waals surface area contributed by atoms with Crippen molar-refractivity contribution in [3.05, 3.63) is 83.4 Å². The minimum Gasteiger partial charge on any atom is -0.493 e. The van der Waals surface area contributed by atoms with Gasteiger partial charge in [-0.05, 0) is 66.3 Å². The molecule has 3 aromatic rings. The van der Waals surface area contributed by atoms with Crippen molar-refractivity contribution in [3.63, 3.8) is 0 Å². The molecule has 0 aliphatic rings. The van der Waals surface area contributed by atoms with Crippen LogP contribution >= 0.6 is 0 Å². The maximum atomic E-state index is 12.9. The van der Waals surface area contributed by atoms with Crippen molar-refractivity contribution in [2.24, 2.45) is 0 Å². The molecule has 37 heavy (non-hydrogen) atoms. The van der Waals surface area contributed by atoms with Crippen LogP contribution in [0.3, 0.4) is 0 Å². The molecule has 0 fully saturated rings. The van der Waals surface area contributed by atoms with Gasteiger partial charge in [-0.1, -0.05) is 51.1 Å². The van der Waals surface area contributed by atoms with E-state index in [1.165, 1.54) is 5.56 Å². The van der Waals surface area contributed by atoms with Crippen LogP contribution in [0, 0.1) is 0 Å². The van der Waals surface area contributed by atoms with Gasteiger partial charge in [-0.2, -0.15) is 0 Å². The van der Waals surface area contributed by atoms with E-state index in [-0.39, 0.29) is 17.2 Å². The molecule has 3 aromatic carbocycles. The topological polar surface area (TPSA) is 85.9 Å². The second-order valence-electron chi connectivity index (χ2n) is 9.76. The van der Waals surface area contributed by atoms with Crippen LogP contribution in [0.5, 0.6) is 17.2 Å². The first-order valence-electron chi connectivity index (χ1n) is 12.3. The molecule has 0 heterocycles. The van der Waals surface area contributed by atoms with E-state index in [0.717, 1.165) is 5.56 Å². The number of rotatable bonds is 10. The molecule has 1 atom stereocenters. The third kappa shape index (κ3) is 7.49. The molecule has 0 saturated carbocycles. The van der Waals surface area contributed by atoms with Crippen LogP contribution in [0.25, 0.3) is 0 Å². The van der Waals surface area contributed by atoms with E-state index >= 15 is 0 Å². The molecular formula is C30H36N2O5. The van der Waals surface area contributed by atoms with Crippen molar-refractivity contribution in [1.29, 1.82) is 0 Å². The van der Waals surface area contributed by atoms with Gasteiger partial charge in [0.25, 0.3) is 11.8 Å². The second kappa shape index (κ2) is 12.3. The van der Waals surface area contributed by atoms with Crippen LogP contribution in [0.4, 0.5) is 5.69 Å². The Labute approximate surface area is 219 Å². The molecule has 0 radical (unpaired) electrons. The number of hydrogen-bond donors (Lipinski definition) is 2. The number of para-hydroxylation sites is 1. The first-order chi connectivity index (χ1) is 17.6. The lowest BCUT2D eigenvalue weighted by atomic mass is 9.87. The molecule has 2 amide bonds. The number of anilines is 1. The molecule has 2 N–H and O–H groups in total. The summed E-state index contributed by atoms with van der Waals surface area (Å²) >= 11 is 0. The van der Waals surface area contributed by atoms with Gasteiger partial charge >= 0.3 is 0 Å². The van der Waals surface area contributed by atoms with E-state index in [4.69, 9.17) is 14.2 Å². The zero-order chi connectivity index (χ0) is 27.0. The molecule has 0 aromatic heterocycles. The largest absolute Gasteiger partial charge is 0.493 e. The number of hydrogen-bond acceptors (Lipinski definition) is 5. The Morgan fingerprint density at radius 3 is 2.22 bits per heavy atom. The minimum atomic E-state index is -0.748. The Kier molecular flexibility index (Phi) is 9.17. The van der Waals surface area contributed by atoms with Crippen LogP contribution in [0.1, 0.15) is 49.2 Å². The van der Waals surface area contributed by atoms with E-state index in [9.17, 15) is 9.59 Å². The number of nitrogens with one attached hydrogen (secondary N) is 2. The SMILES string of the molecule is COc1ccc(CCNC(=O)c2ccccc2NC(=O)[C@@H](C)Oc2ccc(C(C)(C)C)cc2)cc1OC. The van der Waals surface area contributed by atoms with Gasteiger partial charge in [0.05, 0.1) is 25.5 Å². The third-order valence-electron chi connectivity index (χ3n) is 5.98. The average Bonchev–Trinajstić information content (AvgIpc) is 2.88. The van der Waals surface area contributed by atoms with Crippen molar-refractivity contribution in [2.45, 2.75) is 45.6 Å². The summed E-state index contributed by atoms with van der Waals surface area (Å²) in [5.74, 6) is 1.28. The molecule has 7 nitrogen and oxygen atoms in total. The summed E-state index contributed by atoms with van der Waals surface area (Å²) in [6.45, 7) is 8.52. The first-order valence-corrected chi connectivity index (χ1v) is 12.3. The number of amides is 2. The standard InChI is InChI=1S/C30H36N2O5/c1-20(37-23-14-12-22(13-15-23)30(2,3)4)28(33)32-25-10-8-7-9-24(25)29(34)31-18-17-21-11-16-26(35-5)27(19-21)36-6/h7-16,19-20H,17-18H2,1-6H3,(H,31,34)(H,32,33)/t20-/m1/s1. The number of ether oxygens (including phenoxy) is 3. The Morgan fingerprint density at radius 2 is 1.57 bits per heavy atom. The molecule has 7 heteroatoms. The van der Waals surface area contributed by atoms with E-state index < -0.39 is 6.10 Å². The van der Waals surface area contributed by atoms with Gasteiger partial charge in [-0.3, -0.25) is 9.59 Å². The monoisotopic (exact) mass is 504 g/mol. The van der Waals surface area contributed by atoms with Gasteiger partial charge in [0.2, 0.25) is 0 Å². The zero-order valence-corrected chi connectivity index (χ0v) is 22.4. The van der Waals surface area contributed by atoms with Gasteiger partial charge < -0.3 is 24.8 Å². The molecule has 0 aliphatic carbocycles. The normalized spacial score (nSPS) is 11.8. The highest BCUT2D eigenvalue weighted by Crippen LogP contribution is 2.28. The predicted octanol–water partition coefficient (Wildman–Crippen LogP) is 5.38. The van der Waals surface area contributed by atoms with Crippen LogP contribution < -0.4 is 24.8 Å². The van der Waals surface area contributed by atoms with Crippen LogP contribution in [0.15, 0.2) is 66.7 Å². The number of carbonyl (C=O) groups is 2. The maximum Gasteiger partial charge on any atom is 0.265 e. The highest BCUT2D eigenvalue weighted by atomic mass is 16.5. The van der Waals surface area contributed by atoms with Gasteiger partial charge in [0.15, 0.2) is 17.6 Å². The number of benzene rings is 3. The molecule has 3 rings (SSSR count). The van der Waals surface area contributed by atoms with Crippen LogP contribution in [-0.2, 0) is 16.6 Å². The lowest BCUT2D eigenvalue weighted by molar-refractivity contribution is -0.122. The fourth-order valence-electron chi connectivity index (χ4n) is 3.77. The fourth-order valence-corrected chi connectivity index (χ4v) is 3.77. The van der Waals surface area contributed by atoms with Crippen molar-refractivity contribution < 1.29 is 23.8 Å². The lowest BCUT2D eigenvalue weighted by Gasteiger charge is -2.20. The number of methoxy groups -OCH3 is 2. The third-order valence-corrected chi connectivity index (χ3v) is 5.98. The Balaban J connectivity index is 1.58. The zero-order valence-electron chi connectivity index (χ0n) is 22.4. The fraction of sp³-hybridized carbons (Fsp3) is 0.333. The summed E-state index contributed by atoms with van der Waals surface area (Å²) in [5, 5.41) is 5.75. The molecule has 196 valence electrons. The summed E-state index contributed by atoms with van der Waals surface area (Å²) in [6.07, 6.45) is -0.138. The van der Waals surface area contributed by atoms with Gasteiger partial charge in [0, 0.05) is 6.54 Å². The Morgan fingerprint density at radius 1 is 0.892 bits per heavy atom. The van der Waals surface area contributed by atoms with E-state index in [0.29, 0.717) is 41.5 Å². The quantitative estimate of drug-likeness (QED) is 0.387. The van der Waals surface area contributed by atoms with Gasteiger partial charge in [0.1, 0.15) is 5.75 Å². The van der Waals surface area contributed by atoms with Gasteiger partial charge in [-0.15, -0.1) is 0 Å². The molecule has 0 bridgehead atoms. The Hall–Kier alpha value is -4.00. The summed E-state index contributed by atoms with van der Waals surface area (Å²) < 4.78 is 16.4. The lowest BCUT2D eigenvalue weighted by Crippen LogP contribution is -2.32. The van der Waals surface area contributed by atoms with Gasteiger partial charge in [-0.25, -0.2) is 0 Å². The van der Waals surface area contributed by atoms with E-state index in [1.54, 1.807) is 45.4 Å². The molecule has 0 unspecified atom stereocenters. The second-order valence-corrected chi connectivity index (χ2v) is 9.76. The Bertz CT molecular complexity index is 1220. The number of carbonyl (C=O) groups excluding carboxylic acids is 2. The van der Waals surface area contributed by atoms with Crippen molar-refractivity contribution in [1.82, 2.24) is 5.32 Å². The minimum absolute atomic E-state index is 0.0350. The van der Waals surface area contributed by atoms with E-state index in [2.05, 4.69) is 31.4 Å². The van der Waals surface area contributed by atoms with E-state index in [1.807, 2.05) is 42.5 Å². The molecular weight excluding hydrogens is 468 g/mol. The average molecular weight is 505 g/mol. The summed E-state index contributed by atoms with van der Waals surface area (Å²) in [4.78, 5) is 25.7.